The van der Waals surface area contributed by atoms with Crippen LogP contribution in [0.4, 0.5) is 0 Å². The van der Waals surface area contributed by atoms with E-state index in [1.807, 2.05) is 60.7 Å². The quantitative estimate of drug-likeness (QED) is 0.251. The zero-order valence-corrected chi connectivity index (χ0v) is 21.8. The molecule has 8 nitrogen and oxygen atoms in total. The molecule has 3 N–H and O–H groups in total. The van der Waals surface area contributed by atoms with Crippen molar-refractivity contribution in [3.63, 3.8) is 0 Å². The van der Waals surface area contributed by atoms with Crippen molar-refractivity contribution in [1.29, 1.82) is 0 Å². The summed E-state index contributed by atoms with van der Waals surface area (Å²) in [5.41, 5.74) is 2.93. The molecule has 0 aliphatic heterocycles. The first kappa shape index (κ1) is 26.5. The van der Waals surface area contributed by atoms with Crippen molar-refractivity contribution in [3.8, 4) is 11.5 Å². The third-order valence-electron chi connectivity index (χ3n) is 6.30. The summed E-state index contributed by atoms with van der Waals surface area (Å²) >= 11 is 0. The van der Waals surface area contributed by atoms with Crippen molar-refractivity contribution in [2.24, 2.45) is 0 Å². The molecular weight excluding hydrogens is 470 g/mol. The standard InChI is InChI=1S/C29H35N3O5/c1-29(2,16-20-12-14-22(15-13-20)36-19-27(34)32(3)35-4)30-17-21(33)18-37-26-11-7-10-25-28(26)23-8-5-6-9-24(23)31-25/h5-15,21,30-31,33H,16-19H2,1-4H3. The topological polar surface area (TPSA) is 96.1 Å². The number of carbonyl (C=O) groups excluding carboxylic acids is 1. The van der Waals surface area contributed by atoms with E-state index in [0.29, 0.717) is 12.3 Å². The highest BCUT2D eigenvalue weighted by Crippen LogP contribution is 2.33. The van der Waals surface area contributed by atoms with Crippen molar-refractivity contribution in [2.75, 3.05) is 33.9 Å². The summed E-state index contributed by atoms with van der Waals surface area (Å²) in [5.74, 6) is 1.11. The molecule has 0 radical (unpaired) electrons. The second-order valence-electron chi connectivity index (χ2n) is 9.76. The largest absolute Gasteiger partial charge is 0.490 e. The lowest BCUT2D eigenvalue weighted by Crippen LogP contribution is -2.46. The minimum absolute atomic E-state index is 0.0918. The summed E-state index contributed by atoms with van der Waals surface area (Å²) in [6.07, 6.45) is 0.0826. The zero-order chi connectivity index (χ0) is 26.4. The molecule has 1 amide bonds. The number of nitrogens with one attached hydrogen (secondary N) is 2. The van der Waals surface area contributed by atoms with Gasteiger partial charge in [0, 0.05) is 35.4 Å². The highest BCUT2D eigenvalue weighted by atomic mass is 16.7. The molecule has 0 saturated carbocycles. The molecule has 0 aliphatic carbocycles. The number of β-amino-alcohol motifs (C(OH)–C–C–N with tert-alkyl or cyclic N) is 1. The fourth-order valence-electron chi connectivity index (χ4n) is 4.24. The number of H-pyrrole nitrogens is 1. The van der Waals surface area contributed by atoms with Gasteiger partial charge >= 0.3 is 0 Å². The number of fused-ring (bicyclic) bond motifs is 3. The molecule has 196 valence electrons. The Morgan fingerprint density at radius 3 is 2.51 bits per heavy atom. The van der Waals surface area contributed by atoms with Gasteiger partial charge in [0.15, 0.2) is 6.61 Å². The van der Waals surface area contributed by atoms with E-state index in [-0.39, 0.29) is 24.7 Å². The zero-order valence-electron chi connectivity index (χ0n) is 21.8. The van der Waals surface area contributed by atoms with Crippen LogP contribution in [0.15, 0.2) is 66.7 Å². The lowest BCUT2D eigenvalue weighted by atomic mass is 9.94. The molecule has 8 heteroatoms. The third-order valence-corrected chi connectivity index (χ3v) is 6.30. The maximum absolute atomic E-state index is 11.8. The fourth-order valence-corrected chi connectivity index (χ4v) is 4.24. The van der Waals surface area contributed by atoms with Gasteiger partial charge < -0.3 is 24.9 Å². The van der Waals surface area contributed by atoms with Gasteiger partial charge in [-0.3, -0.25) is 9.63 Å². The Morgan fingerprint density at radius 1 is 1.03 bits per heavy atom. The molecule has 0 aliphatic rings. The van der Waals surface area contributed by atoms with Crippen LogP contribution in [0, 0.1) is 0 Å². The van der Waals surface area contributed by atoms with Crippen LogP contribution in [-0.2, 0) is 16.1 Å². The molecule has 1 heterocycles. The van der Waals surface area contributed by atoms with Gasteiger partial charge in [0.1, 0.15) is 24.2 Å². The van der Waals surface area contributed by atoms with Gasteiger partial charge in [-0.1, -0.05) is 36.4 Å². The van der Waals surface area contributed by atoms with Crippen molar-refractivity contribution in [1.82, 2.24) is 15.4 Å². The maximum Gasteiger partial charge on any atom is 0.283 e. The van der Waals surface area contributed by atoms with Crippen LogP contribution in [0.1, 0.15) is 19.4 Å². The van der Waals surface area contributed by atoms with Crippen LogP contribution < -0.4 is 14.8 Å². The van der Waals surface area contributed by atoms with E-state index in [4.69, 9.17) is 14.3 Å². The summed E-state index contributed by atoms with van der Waals surface area (Å²) in [7, 11) is 2.97. The minimum Gasteiger partial charge on any atom is -0.490 e. The normalized spacial score (nSPS) is 12.6. The Balaban J connectivity index is 1.27. The molecule has 4 aromatic rings. The number of ether oxygens (including phenoxy) is 2. The monoisotopic (exact) mass is 505 g/mol. The van der Waals surface area contributed by atoms with Crippen LogP contribution in [-0.4, -0.2) is 66.6 Å². The number of rotatable bonds is 12. The second kappa shape index (κ2) is 11.6. The first-order valence-corrected chi connectivity index (χ1v) is 12.3. The van der Waals surface area contributed by atoms with Crippen LogP contribution in [0.5, 0.6) is 11.5 Å². The lowest BCUT2D eigenvalue weighted by Gasteiger charge is -2.28. The Labute approximate surface area is 217 Å². The molecule has 3 aromatic carbocycles. The molecule has 37 heavy (non-hydrogen) atoms. The number of hydroxylamine groups is 2. The molecule has 1 unspecified atom stereocenters. The Hall–Kier alpha value is -3.59. The number of para-hydroxylation sites is 1. The Bertz CT molecular complexity index is 1330. The molecule has 0 saturated heterocycles. The highest BCUT2D eigenvalue weighted by Gasteiger charge is 2.20. The van der Waals surface area contributed by atoms with Crippen LogP contribution in [0.2, 0.25) is 0 Å². The maximum atomic E-state index is 11.8. The number of aromatic amines is 1. The fraction of sp³-hybridized carbons (Fsp3) is 0.345. The molecular formula is C29H35N3O5. The number of hydrogen-bond donors (Lipinski definition) is 3. The summed E-state index contributed by atoms with van der Waals surface area (Å²) in [5, 5.41) is 17.3. The van der Waals surface area contributed by atoms with Gasteiger partial charge in [0.2, 0.25) is 0 Å². The average molecular weight is 506 g/mol. The average Bonchev–Trinajstić information content (AvgIpc) is 3.29. The van der Waals surface area contributed by atoms with Crippen LogP contribution in [0.3, 0.4) is 0 Å². The summed E-state index contributed by atoms with van der Waals surface area (Å²) in [6.45, 7) is 4.68. The van der Waals surface area contributed by atoms with Gasteiger partial charge in [-0.2, -0.15) is 0 Å². The molecule has 0 spiro atoms. The van der Waals surface area contributed by atoms with Crippen LogP contribution >= 0.6 is 0 Å². The third kappa shape index (κ3) is 6.80. The van der Waals surface area contributed by atoms with Crippen molar-refractivity contribution in [3.05, 3.63) is 72.3 Å². The Morgan fingerprint density at radius 2 is 1.76 bits per heavy atom. The molecule has 4 rings (SSSR count). The summed E-state index contributed by atoms with van der Waals surface area (Å²) in [6, 6.07) is 21.7. The van der Waals surface area contributed by atoms with E-state index in [1.165, 1.54) is 14.2 Å². The van der Waals surface area contributed by atoms with E-state index in [9.17, 15) is 9.90 Å². The van der Waals surface area contributed by atoms with Crippen molar-refractivity contribution < 1.29 is 24.2 Å². The highest BCUT2D eigenvalue weighted by molar-refractivity contribution is 6.10. The van der Waals surface area contributed by atoms with E-state index < -0.39 is 6.10 Å². The number of aliphatic hydroxyl groups excluding tert-OH is 1. The summed E-state index contributed by atoms with van der Waals surface area (Å²) < 4.78 is 11.6. The SMILES string of the molecule is CON(C)C(=O)COc1ccc(CC(C)(C)NCC(O)COc2cccc3[nH]c4ccccc4c23)cc1. The van der Waals surface area contributed by atoms with Crippen LogP contribution in [0.25, 0.3) is 21.8 Å². The Kier molecular flexibility index (Phi) is 8.33. The van der Waals surface area contributed by atoms with E-state index in [1.54, 1.807) is 0 Å². The number of hydrogen-bond acceptors (Lipinski definition) is 6. The number of aliphatic hydroxyl groups is 1. The van der Waals surface area contributed by atoms with E-state index >= 15 is 0 Å². The van der Waals surface area contributed by atoms with Crippen molar-refractivity contribution in [2.45, 2.75) is 31.9 Å². The second-order valence-corrected chi connectivity index (χ2v) is 9.76. The molecule has 1 aromatic heterocycles. The van der Waals surface area contributed by atoms with E-state index in [2.05, 4.69) is 30.2 Å². The summed E-state index contributed by atoms with van der Waals surface area (Å²) in [4.78, 5) is 20.1. The molecule has 1 atom stereocenters. The van der Waals surface area contributed by atoms with E-state index in [0.717, 1.165) is 44.6 Å². The first-order chi connectivity index (χ1) is 17.8. The predicted octanol–water partition coefficient (Wildman–Crippen LogP) is 4.07. The number of aromatic nitrogens is 1. The minimum atomic E-state index is -0.668. The van der Waals surface area contributed by atoms with Gasteiger partial charge in [-0.15, -0.1) is 0 Å². The van der Waals surface area contributed by atoms with Gasteiger partial charge in [-0.25, -0.2) is 5.06 Å². The number of carbonyl (C=O) groups is 1. The lowest BCUT2D eigenvalue weighted by molar-refractivity contribution is -0.170. The molecule has 0 bridgehead atoms. The number of amides is 1. The number of benzene rings is 3. The number of likely N-dealkylation sites (N-methyl/N-ethyl adjacent to an activating group) is 1. The predicted molar refractivity (Wildman–Crippen MR) is 145 cm³/mol. The first-order valence-electron chi connectivity index (χ1n) is 12.3. The number of nitrogens with zero attached hydrogens (tertiary/aromatic N) is 1. The van der Waals surface area contributed by atoms with Gasteiger partial charge in [0.05, 0.1) is 12.6 Å². The van der Waals surface area contributed by atoms with Gasteiger partial charge in [-0.05, 0) is 56.2 Å². The molecule has 0 fully saturated rings. The van der Waals surface area contributed by atoms with Crippen molar-refractivity contribution >= 4 is 27.7 Å². The smallest absolute Gasteiger partial charge is 0.283 e. The van der Waals surface area contributed by atoms with Gasteiger partial charge in [0.25, 0.3) is 5.91 Å².